The molecule has 1 aliphatic heterocycles. The summed E-state index contributed by atoms with van der Waals surface area (Å²) >= 11 is 0. The van der Waals surface area contributed by atoms with Gasteiger partial charge in [-0.3, -0.25) is 4.90 Å². The van der Waals surface area contributed by atoms with Crippen molar-refractivity contribution < 1.29 is 9.84 Å². The molecule has 0 aromatic heterocycles. The van der Waals surface area contributed by atoms with Crippen LogP contribution >= 0.6 is 0 Å². The van der Waals surface area contributed by atoms with Crippen molar-refractivity contribution in [2.45, 2.75) is 40.2 Å². The van der Waals surface area contributed by atoms with Crippen LogP contribution in [-0.2, 0) is 4.74 Å². The number of ether oxygens (including phenoxy) is 1. The zero-order valence-electron chi connectivity index (χ0n) is 12.7. The summed E-state index contributed by atoms with van der Waals surface area (Å²) in [5.74, 6) is 0. The lowest BCUT2D eigenvalue weighted by atomic mass is 10.2. The third kappa shape index (κ3) is 8.86. The van der Waals surface area contributed by atoms with Crippen LogP contribution in [0.3, 0.4) is 0 Å². The topological polar surface area (TPSA) is 35.9 Å². The van der Waals surface area contributed by atoms with E-state index in [4.69, 9.17) is 9.84 Å². The highest BCUT2D eigenvalue weighted by molar-refractivity contribution is 4.73. The largest absolute Gasteiger partial charge is 0.397 e. The van der Waals surface area contributed by atoms with E-state index in [1.54, 1.807) is 6.92 Å². The van der Waals surface area contributed by atoms with Gasteiger partial charge in [-0.05, 0) is 33.7 Å². The molecule has 1 aliphatic rings. The molecule has 1 unspecified atom stereocenters. The Morgan fingerprint density at radius 3 is 2.00 bits per heavy atom. The van der Waals surface area contributed by atoms with Crippen LogP contribution in [0.5, 0.6) is 0 Å². The molecular weight excluding hydrogens is 228 g/mol. The first-order chi connectivity index (χ1) is 8.67. The molecule has 0 spiro atoms. The normalized spacial score (nSPS) is 19.2. The number of rotatable bonds is 6. The van der Waals surface area contributed by atoms with E-state index < -0.39 is 0 Å². The first-order valence-electron chi connectivity index (χ1n) is 7.34. The maximum absolute atomic E-state index is 7.57. The predicted octanol–water partition coefficient (Wildman–Crippen LogP) is 1.44. The molecule has 0 amide bonds. The van der Waals surface area contributed by atoms with Crippen LogP contribution in [0.4, 0.5) is 0 Å². The van der Waals surface area contributed by atoms with Crippen LogP contribution in [0.1, 0.15) is 34.1 Å². The highest BCUT2D eigenvalue weighted by atomic mass is 16.5. The highest BCUT2D eigenvalue weighted by Gasteiger charge is 2.17. The molecule has 18 heavy (non-hydrogen) atoms. The lowest BCUT2D eigenvalue weighted by molar-refractivity contribution is 0.0298. The van der Waals surface area contributed by atoms with Gasteiger partial charge in [-0.25, -0.2) is 0 Å². The number of hydrogen-bond donors (Lipinski definition) is 1. The zero-order valence-corrected chi connectivity index (χ0v) is 12.7. The number of piperazine rings is 1. The lowest BCUT2D eigenvalue weighted by Crippen LogP contribution is -2.48. The summed E-state index contributed by atoms with van der Waals surface area (Å²) < 4.78 is 5.56. The predicted molar refractivity (Wildman–Crippen MR) is 77.0 cm³/mol. The summed E-state index contributed by atoms with van der Waals surface area (Å²) in [6.45, 7) is 16.5. The van der Waals surface area contributed by atoms with Crippen molar-refractivity contribution in [3.05, 3.63) is 0 Å². The molecule has 4 nitrogen and oxygen atoms in total. The van der Waals surface area contributed by atoms with Crippen molar-refractivity contribution >= 4 is 0 Å². The van der Waals surface area contributed by atoms with Gasteiger partial charge in [0, 0.05) is 45.9 Å². The molecule has 4 heteroatoms. The number of aliphatic hydroxyl groups excluding tert-OH is 1. The monoisotopic (exact) mass is 260 g/mol. The van der Waals surface area contributed by atoms with Crippen LogP contribution < -0.4 is 0 Å². The smallest absolute Gasteiger partial charge is 0.0673 e. The third-order valence-corrected chi connectivity index (χ3v) is 2.97. The minimum atomic E-state index is 0.250. The van der Waals surface area contributed by atoms with E-state index in [0.717, 1.165) is 13.2 Å². The van der Waals surface area contributed by atoms with Crippen molar-refractivity contribution in [1.29, 1.82) is 0 Å². The molecule has 0 radical (unpaired) electrons. The van der Waals surface area contributed by atoms with Crippen molar-refractivity contribution in [3.63, 3.8) is 0 Å². The van der Waals surface area contributed by atoms with Crippen LogP contribution in [0.15, 0.2) is 0 Å². The third-order valence-electron chi connectivity index (χ3n) is 2.97. The van der Waals surface area contributed by atoms with E-state index in [-0.39, 0.29) is 6.61 Å². The van der Waals surface area contributed by atoms with Gasteiger partial charge in [-0.2, -0.15) is 0 Å². The second kappa shape index (κ2) is 11.9. The zero-order chi connectivity index (χ0) is 13.8. The van der Waals surface area contributed by atoms with Gasteiger partial charge in [-0.15, -0.1) is 0 Å². The quantitative estimate of drug-likeness (QED) is 0.784. The maximum Gasteiger partial charge on any atom is 0.0673 e. The van der Waals surface area contributed by atoms with E-state index in [1.807, 2.05) is 0 Å². The van der Waals surface area contributed by atoms with Crippen LogP contribution in [-0.4, -0.2) is 73.5 Å². The summed E-state index contributed by atoms with van der Waals surface area (Å²) in [7, 11) is 0. The number of aliphatic hydroxyl groups is 1. The van der Waals surface area contributed by atoms with E-state index in [2.05, 4.69) is 30.6 Å². The Balaban J connectivity index is 0.000000873. The van der Waals surface area contributed by atoms with E-state index in [9.17, 15) is 0 Å². The maximum atomic E-state index is 7.57. The Morgan fingerprint density at radius 2 is 1.56 bits per heavy atom. The molecule has 0 aromatic rings. The van der Waals surface area contributed by atoms with Gasteiger partial charge in [0.2, 0.25) is 0 Å². The highest BCUT2D eigenvalue weighted by Crippen LogP contribution is 2.04. The fourth-order valence-electron chi connectivity index (χ4n) is 2.21. The summed E-state index contributed by atoms with van der Waals surface area (Å²) in [5, 5.41) is 7.57. The van der Waals surface area contributed by atoms with Crippen LogP contribution in [0.25, 0.3) is 0 Å². The molecule has 0 saturated carbocycles. The fraction of sp³-hybridized carbons (Fsp3) is 1.00. The van der Waals surface area contributed by atoms with Gasteiger partial charge in [-0.1, -0.05) is 6.92 Å². The van der Waals surface area contributed by atoms with Crippen molar-refractivity contribution in [2.75, 3.05) is 52.5 Å². The van der Waals surface area contributed by atoms with Crippen molar-refractivity contribution in [1.82, 2.24) is 9.80 Å². The summed E-state index contributed by atoms with van der Waals surface area (Å²) in [4.78, 5) is 5.08. The van der Waals surface area contributed by atoms with Crippen LogP contribution in [0, 0.1) is 0 Å². The van der Waals surface area contributed by atoms with Gasteiger partial charge >= 0.3 is 0 Å². The molecule has 1 saturated heterocycles. The summed E-state index contributed by atoms with van der Waals surface area (Å²) in [6, 6.07) is 0. The standard InChI is InChI=1S/C12H26N2O.C2H6O/c1-4-6-13-7-9-14(10-8-13)11-12(3)15-5-2;1-2-3/h12H,4-11H2,1-3H3;3H,2H2,1H3. The summed E-state index contributed by atoms with van der Waals surface area (Å²) in [5.41, 5.74) is 0. The van der Waals surface area contributed by atoms with Crippen molar-refractivity contribution in [2.24, 2.45) is 0 Å². The Labute approximate surface area is 113 Å². The SMILES string of the molecule is CCCN1CCN(CC(C)OCC)CC1.CCO. The van der Waals surface area contributed by atoms with Gasteiger partial charge in [0.15, 0.2) is 0 Å². The minimum absolute atomic E-state index is 0.250. The van der Waals surface area contributed by atoms with E-state index in [1.165, 1.54) is 39.1 Å². The van der Waals surface area contributed by atoms with Gasteiger partial charge in [0.05, 0.1) is 6.10 Å². The Morgan fingerprint density at radius 1 is 1.06 bits per heavy atom. The van der Waals surface area contributed by atoms with E-state index in [0.29, 0.717) is 6.10 Å². The van der Waals surface area contributed by atoms with Gasteiger partial charge in [0.25, 0.3) is 0 Å². The minimum Gasteiger partial charge on any atom is -0.397 e. The second-order valence-corrected chi connectivity index (χ2v) is 4.72. The van der Waals surface area contributed by atoms with Crippen molar-refractivity contribution in [3.8, 4) is 0 Å². The average Bonchev–Trinajstić information content (AvgIpc) is 2.33. The molecule has 1 atom stereocenters. The number of hydrogen-bond acceptors (Lipinski definition) is 4. The molecule has 0 bridgehead atoms. The molecular formula is C14H32N2O2. The molecule has 1 heterocycles. The fourth-order valence-corrected chi connectivity index (χ4v) is 2.21. The second-order valence-electron chi connectivity index (χ2n) is 4.72. The van der Waals surface area contributed by atoms with Gasteiger partial charge < -0.3 is 14.7 Å². The molecule has 1 rings (SSSR count). The first kappa shape index (κ1) is 17.8. The van der Waals surface area contributed by atoms with E-state index >= 15 is 0 Å². The Bertz CT molecular complexity index is 171. The molecule has 0 aliphatic carbocycles. The van der Waals surface area contributed by atoms with Crippen LogP contribution in [0.2, 0.25) is 0 Å². The first-order valence-corrected chi connectivity index (χ1v) is 7.34. The average molecular weight is 260 g/mol. The summed E-state index contributed by atoms with van der Waals surface area (Å²) in [6.07, 6.45) is 1.66. The Kier molecular flexibility index (Phi) is 11.8. The molecule has 0 aromatic carbocycles. The Hall–Kier alpha value is -0.160. The molecule has 110 valence electrons. The lowest BCUT2D eigenvalue weighted by Gasteiger charge is -2.35. The number of nitrogens with zero attached hydrogens (tertiary/aromatic N) is 2. The van der Waals surface area contributed by atoms with Gasteiger partial charge in [0.1, 0.15) is 0 Å². The molecule has 1 N–H and O–H groups in total. The molecule has 1 fully saturated rings.